The van der Waals surface area contributed by atoms with Crippen LogP contribution >= 0.6 is 0 Å². The number of sulfone groups is 1. The fourth-order valence-corrected chi connectivity index (χ4v) is 3.49. The molecule has 1 heterocycles. The molecule has 1 aliphatic rings. The minimum atomic E-state index is -3.38. The van der Waals surface area contributed by atoms with Crippen molar-refractivity contribution < 1.29 is 22.0 Å². The second-order valence-corrected chi connectivity index (χ2v) is 5.93. The SMILES string of the molecule is O=CC(F)(F)CC1CCCS(=O)(=O)C1. The van der Waals surface area contributed by atoms with Crippen LogP contribution in [0.15, 0.2) is 0 Å². The van der Waals surface area contributed by atoms with Gasteiger partial charge < -0.3 is 0 Å². The third-order valence-corrected chi connectivity index (χ3v) is 4.18. The Labute approximate surface area is 81.4 Å². The first kappa shape index (κ1) is 11.6. The molecule has 1 unspecified atom stereocenters. The summed E-state index contributed by atoms with van der Waals surface area (Å²) in [6, 6.07) is 0. The van der Waals surface area contributed by atoms with E-state index in [0.29, 0.717) is 12.8 Å². The Morgan fingerprint density at radius 2 is 2.07 bits per heavy atom. The smallest absolute Gasteiger partial charge is 0.297 e. The normalized spacial score (nSPS) is 27.1. The molecule has 1 aliphatic heterocycles. The van der Waals surface area contributed by atoms with E-state index in [1.165, 1.54) is 0 Å². The van der Waals surface area contributed by atoms with Gasteiger partial charge in [-0.25, -0.2) is 8.42 Å². The lowest BCUT2D eigenvalue weighted by Gasteiger charge is -2.23. The van der Waals surface area contributed by atoms with Gasteiger partial charge in [-0.05, 0) is 18.8 Å². The second-order valence-electron chi connectivity index (χ2n) is 3.71. The number of hydrogen-bond acceptors (Lipinski definition) is 3. The number of rotatable bonds is 3. The molecule has 0 amide bonds. The summed E-state index contributed by atoms with van der Waals surface area (Å²) in [6.07, 6.45) is -0.172. The molecular weight excluding hydrogens is 214 g/mol. The fourth-order valence-electron chi connectivity index (χ4n) is 1.71. The van der Waals surface area contributed by atoms with Crippen molar-refractivity contribution in [2.24, 2.45) is 5.92 Å². The quantitative estimate of drug-likeness (QED) is 0.675. The first-order chi connectivity index (χ1) is 6.35. The van der Waals surface area contributed by atoms with Crippen molar-refractivity contribution in [1.82, 2.24) is 0 Å². The van der Waals surface area contributed by atoms with Crippen LogP contribution in [0.2, 0.25) is 0 Å². The van der Waals surface area contributed by atoms with Gasteiger partial charge in [0, 0.05) is 6.42 Å². The van der Waals surface area contributed by atoms with Gasteiger partial charge in [0.1, 0.15) is 0 Å². The molecule has 14 heavy (non-hydrogen) atoms. The van der Waals surface area contributed by atoms with E-state index in [4.69, 9.17) is 0 Å². The molecule has 0 saturated carbocycles. The molecule has 0 aliphatic carbocycles. The minimum Gasteiger partial charge on any atom is -0.297 e. The zero-order chi connectivity index (χ0) is 10.8. The van der Waals surface area contributed by atoms with Crippen LogP contribution in [0.4, 0.5) is 8.78 Å². The fraction of sp³-hybridized carbons (Fsp3) is 0.875. The highest BCUT2D eigenvalue weighted by Crippen LogP contribution is 2.28. The highest BCUT2D eigenvalue weighted by molar-refractivity contribution is 7.91. The number of aldehydes is 1. The van der Waals surface area contributed by atoms with Gasteiger partial charge in [0.25, 0.3) is 0 Å². The van der Waals surface area contributed by atoms with Gasteiger partial charge in [-0.2, -0.15) is 8.78 Å². The molecule has 6 heteroatoms. The predicted octanol–water partition coefficient (Wildman–Crippen LogP) is 1.04. The van der Waals surface area contributed by atoms with Gasteiger partial charge in [0.15, 0.2) is 16.1 Å². The molecule has 1 saturated heterocycles. The first-order valence-corrected chi connectivity index (χ1v) is 6.21. The topological polar surface area (TPSA) is 51.2 Å². The number of alkyl halides is 2. The summed E-state index contributed by atoms with van der Waals surface area (Å²) in [6.45, 7) is 0. The summed E-state index contributed by atoms with van der Waals surface area (Å²) in [5, 5.41) is 0. The molecule has 3 nitrogen and oxygen atoms in total. The summed E-state index contributed by atoms with van der Waals surface area (Å²) in [5.74, 6) is -4.08. The van der Waals surface area contributed by atoms with E-state index in [-0.39, 0.29) is 11.5 Å². The molecule has 0 bridgehead atoms. The van der Waals surface area contributed by atoms with Crippen LogP contribution in [0.5, 0.6) is 0 Å². The van der Waals surface area contributed by atoms with Crippen LogP contribution in [0.3, 0.4) is 0 Å². The maximum Gasteiger partial charge on any atom is 0.302 e. The van der Waals surface area contributed by atoms with Crippen molar-refractivity contribution in [1.29, 1.82) is 0 Å². The van der Waals surface area contributed by atoms with E-state index in [1.54, 1.807) is 0 Å². The van der Waals surface area contributed by atoms with Gasteiger partial charge >= 0.3 is 5.92 Å². The van der Waals surface area contributed by atoms with Crippen LogP contribution in [-0.2, 0) is 14.6 Å². The summed E-state index contributed by atoms with van der Waals surface area (Å²) in [4.78, 5) is 9.96. The second kappa shape index (κ2) is 3.92. The average Bonchev–Trinajstić information content (AvgIpc) is 2.01. The van der Waals surface area contributed by atoms with E-state index in [2.05, 4.69) is 0 Å². The Balaban J connectivity index is 2.58. The lowest BCUT2D eigenvalue weighted by Crippen LogP contribution is -2.31. The van der Waals surface area contributed by atoms with E-state index >= 15 is 0 Å². The maximum absolute atomic E-state index is 12.6. The molecule has 0 radical (unpaired) electrons. The summed E-state index contributed by atoms with van der Waals surface area (Å²) >= 11 is 0. The highest BCUT2D eigenvalue weighted by Gasteiger charge is 2.35. The van der Waals surface area contributed by atoms with E-state index < -0.39 is 34.4 Å². The van der Waals surface area contributed by atoms with Crippen molar-refractivity contribution in [2.75, 3.05) is 11.5 Å². The molecular formula is C8H12F2O3S. The Morgan fingerprint density at radius 1 is 1.43 bits per heavy atom. The van der Waals surface area contributed by atoms with Crippen LogP contribution in [-0.4, -0.2) is 32.1 Å². The summed E-state index contributed by atoms with van der Waals surface area (Å²) < 4.78 is 47.5. The van der Waals surface area contributed by atoms with Crippen molar-refractivity contribution in [2.45, 2.75) is 25.2 Å². The molecule has 0 aromatic carbocycles. The van der Waals surface area contributed by atoms with Crippen LogP contribution in [0, 0.1) is 5.92 Å². The Morgan fingerprint density at radius 3 is 2.57 bits per heavy atom. The summed E-state index contributed by atoms with van der Waals surface area (Å²) in [7, 11) is -3.16. The Kier molecular flexibility index (Phi) is 3.24. The third-order valence-electron chi connectivity index (χ3n) is 2.29. The van der Waals surface area contributed by atoms with Crippen molar-refractivity contribution in [3.8, 4) is 0 Å². The first-order valence-electron chi connectivity index (χ1n) is 4.39. The van der Waals surface area contributed by atoms with E-state index in [9.17, 15) is 22.0 Å². The molecule has 82 valence electrons. The van der Waals surface area contributed by atoms with Gasteiger partial charge in [0.2, 0.25) is 0 Å². The van der Waals surface area contributed by atoms with Gasteiger partial charge in [-0.3, -0.25) is 4.79 Å². The highest BCUT2D eigenvalue weighted by atomic mass is 32.2. The number of carbonyl (C=O) groups is 1. The molecule has 0 aromatic rings. The number of hydrogen-bond donors (Lipinski definition) is 0. The minimum absolute atomic E-state index is 0.0795. The molecule has 1 atom stereocenters. The monoisotopic (exact) mass is 226 g/mol. The zero-order valence-electron chi connectivity index (χ0n) is 7.58. The number of halogens is 2. The molecule has 1 fully saturated rings. The molecule has 0 aromatic heterocycles. The van der Waals surface area contributed by atoms with Gasteiger partial charge in [0.05, 0.1) is 11.5 Å². The van der Waals surface area contributed by atoms with Crippen LogP contribution < -0.4 is 0 Å². The maximum atomic E-state index is 12.6. The average molecular weight is 226 g/mol. The third kappa shape index (κ3) is 3.32. The molecule has 0 spiro atoms. The van der Waals surface area contributed by atoms with Gasteiger partial charge in [-0.15, -0.1) is 0 Å². The molecule has 1 rings (SSSR count). The Hall–Kier alpha value is -0.520. The van der Waals surface area contributed by atoms with Crippen molar-refractivity contribution >= 4 is 16.1 Å². The van der Waals surface area contributed by atoms with E-state index in [0.717, 1.165) is 0 Å². The summed E-state index contributed by atoms with van der Waals surface area (Å²) in [5.41, 5.74) is 0. The standard InChI is InChI=1S/C8H12F2O3S/c9-8(10,6-11)4-7-2-1-3-14(12,13)5-7/h6-7H,1-5H2. The lowest BCUT2D eigenvalue weighted by molar-refractivity contribution is -0.131. The van der Waals surface area contributed by atoms with Gasteiger partial charge in [-0.1, -0.05) is 0 Å². The van der Waals surface area contributed by atoms with Crippen LogP contribution in [0.1, 0.15) is 19.3 Å². The number of carbonyl (C=O) groups excluding carboxylic acids is 1. The lowest BCUT2D eigenvalue weighted by atomic mass is 9.98. The zero-order valence-corrected chi connectivity index (χ0v) is 8.40. The van der Waals surface area contributed by atoms with Crippen molar-refractivity contribution in [3.63, 3.8) is 0 Å². The predicted molar refractivity (Wildman–Crippen MR) is 47.0 cm³/mol. The molecule has 0 N–H and O–H groups in total. The van der Waals surface area contributed by atoms with E-state index in [1.807, 2.05) is 0 Å². The largest absolute Gasteiger partial charge is 0.302 e. The van der Waals surface area contributed by atoms with Crippen LogP contribution in [0.25, 0.3) is 0 Å². The Bertz CT molecular complexity index is 311. The van der Waals surface area contributed by atoms with Crippen molar-refractivity contribution in [3.05, 3.63) is 0 Å².